The molecular weight excluding hydrogens is 392 g/mol. The number of thiocarbonyl (C=S) groups is 1. The molecule has 154 valence electrons. The highest BCUT2D eigenvalue weighted by atomic mass is 32.1. The molecule has 1 unspecified atom stereocenters. The minimum atomic E-state index is -0.207. The number of hydrogen-bond donors (Lipinski definition) is 2. The monoisotopic (exact) mass is 418 g/mol. The van der Waals surface area contributed by atoms with Gasteiger partial charge in [0.25, 0.3) is 5.91 Å². The molecule has 1 aromatic heterocycles. The first-order valence-corrected chi connectivity index (χ1v) is 10.7. The fourth-order valence-corrected chi connectivity index (χ4v) is 4.03. The SMILES string of the molecule is Cc1ccc2c(c1C)=NC(=O)C(CCNC(=S)NCCn1ccc3ccccc31)C=2. The minimum Gasteiger partial charge on any atom is -0.363 e. The number of aryl methyl sites for hydroxylation is 1. The van der Waals surface area contributed by atoms with Gasteiger partial charge < -0.3 is 15.2 Å². The van der Waals surface area contributed by atoms with E-state index in [4.69, 9.17) is 12.2 Å². The van der Waals surface area contributed by atoms with Crippen LogP contribution in [-0.2, 0) is 11.3 Å². The molecule has 0 fully saturated rings. The highest BCUT2D eigenvalue weighted by Gasteiger charge is 2.19. The summed E-state index contributed by atoms with van der Waals surface area (Å²) in [5.74, 6) is -0.280. The van der Waals surface area contributed by atoms with Gasteiger partial charge >= 0.3 is 0 Å². The van der Waals surface area contributed by atoms with Crippen LogP contribution in [-0.4, -0.2) is 28.7 Å². The average Bonchev–Trinajstić information content (AvgIpc) is 3.15. The molecule has 0 bridgehead atoms. The molecule has 6 heteroatoms. The summed E-state index contributed by atoms with van der Waals surface area (Å²) in [7, 11) is 0. The number of amides is 1. The van der Waals surface area contributed by atoms with Gasteiger partial charge in [-0.2, -0.15) is 0 Å². The predicted molar refractivity (Wildman–Crippen MR) is 125 cm³/mol. The minimum absolute atomic E-state index is 0.0728. The summed E-state index contributed by atoms with van der Waals surface area (Å²) in [6, 6.07) is 14.6. The molecule has 0 saturated heterocycles. The van der Waals surface area contributed by atoms with Crippen LogP contribution in [0.5, 0.6) is 0 Å². The summed E-state index contributed by atoms with van der Waals surface area (Å²) >= 11 is 5.39. The lowest BCUT2D eigenvalue weighted by atomic mass is 9.98. The number of para-hydroxylation sites is 1. The topological polar surface area (TPSA) is 58.4 Å². The molecule has 0 saturated carbocycles. The molecule has 1 aliphatic rings. The molecule has 0 radical (unpaired) electrons. The third-order valence-electron chi connectivity index (χ3n) is 5.71. The number of rotatable bonds is 6. The molecule has 1 atom stereocenters. The van der Waals surface area contributed by atoms with Crippen molar-refractivity contribution in [2.45, 2.75) is 26.8 Å². The third kappa shape index (κ3) is 4.28. The van der Waals surface area contributed by atoms with E-state index in [1.807, 2.05) is 32.1 Å². The first-order valence-electron chi connectivity index (χ1n) is 10.3. The van der Waals surface area contributed by atoms with Crippen molar-refractivity contribution in [2.24, 2.45) is 10.9 Å². The van der Waals surface area contributed by atoms with Crippen LogP contribution in [0.15, 0.2) is 53.7 Å². The molecule has 4 rings (SSSR count). The number of benzene rings is 2. The summed E-state index contributed by atoms with van der Waals surface area (Å²) in [6.07, 6.45) is 4.79. The normalized spacial score (nSPS) is 15.3. The predicted octanol–water partition coefficient (Wildman–Crippen LogP) is 2.37. The summed E-state index contributed by atoms with van der Waals surface area (Å²) in [4.78, 5) is 16.8. The fraction of sp³-hybridized carbons (Fsp3) is 0.292. The molecule has 0 aliphatic carbocycles. The summed E-state index contributed by atoms with van der Waals surface area (Å²) in [5.41, 5.74) is 3.46. The summed E-state index contributed by atoms with van der Waals surface area (Å²) in [6.45, 7) is 6.25. The van der Waals surface area contributed by atoms with E-state index in [2.05, 4.69) is 56.7 Å². The van der Waals surface area contributed by atoms with Gasteiger partial charge in [-0.05, 0) is 66.4 Å². The van der Waals surface area contributed by atoms with Crippen molar-refractivity contribution >= 4 is 40.2 Å². The Morgan fingerprint density at radius 3 is 2.77 bits per heavy atom. The van der Waals surface area contributed by atoms with Crippen LogP contribution >= 0.6 is 12.2 Å². The van der Waals surface area contributed by atoms with Gasteiger partial charge in [-0.1, -0.05) is 36.4 Å². The van der Waals surface area contributed by atoms with Gasteiger partial charge in [0.15, 0.2) is 5.11 Å². The van der Waals surface area contributed by atoms with E-state index in [0.29, 0.717) is 18.1 Å². The first-order chi connectivity index (χ1) is 14.5. The molecule has 0 spiro atoms. The number of nitrogens with one attached hydrogen (secondary N) is 2. The maximum Gasteiger partial charge on any atom is 0.253 e. The lowest BCUT2D eigenvalue weighted by molar-refractivity contribution is -0.120. The molecule has 2 aromatic carbocycles. The molecule has 30 heavy (non-hydrogen) atoms. The van der Waals surface area contributed by atoms with Gasteiger partial charge in [0.1, 0.15) is 0 Å². The fourth-order valence-electron chi connectivity index (χ4n) is 3.82. The quantitative estimate of drug-likeness (QED) is 0.604. The zero-order valence-corrected chi connectivity index (χ0v) is 18.1. The van der Waals surface area contributed by atoms with Crippen LogP contribution in [0.3, 0.4) is 0 Å². The van der Waals surface area contributed by atoms with E-state index in [1.54, 1.807) is 0 Å². The second-order valence-corrected chi connectivity index (χ2v) is 8.12. The van der Waals surface area contributed by atoms with Crippen LogP contribution < -0.4 is 21.2 Å². The number of aromatic nitrogens is 1. The standard InChI is InChI=1S/C24H26N4OS/c1-16-7-8-19-15-20(23(29)27-22(19)17(16)2)9-11-25-24(30)26-12-14-28-13-10-18-5-3-4-6-21(18)28/h3-8,10,13,15,20H,9,11-12,14H2,1-2H3,(H2,25,26,30). The number of fused-ring (bicyclic) bond motifs is 2. The Hall–Kier alpha value is -2.99. The molecule has 1 amide bonds. The van der Waals surface area contributed by atoms with Crippen molar-refractivity contribution in [2.75, 3.05) is 13.1 Å². The molecule has 1 aliphatic heterocycles. The van der Waals surface area contributed by atoms with Gasteiger partial charge in [-0.15, -0.1) is 0 Å². The lowest BCUT2D eigenvalue weighted by Crippen LogP contribution is -2.39. The van der Waals surface area contributed by atoms with Crippen molar-refractivity contribution in [3.63, 3.8) is 0 Å². The largest absolute Gasteiger partial charge is 0.363 e. The van der Waals surface area contributed by atoms with Crippen molar-refractivity contribution < 1.29 is 4.79 Å². The Labute approximate surface area is 181 Å². The molecule has 5 nitrogen and oxygen atoms in total. The van der Waals surface area contributed by atoms with Gasteiger partial charge in [-0.25, -0.2) is 4.99 Å². The second kappa shape index (κ2) is 8.79. The summed E-state index contributed by atoms with van der Waals surface area (Å²) < 4.78 is 2.21. The van der Waals surface area contributed by atoms with Gasteiger partial charge in [0, 0.05) is 31.3 Å². The summed E-state index contributed by atoms with van der Waals surface area (Å²) in [5, 5.41) is 10.2. The van der Waals surface area contributed by atoms with E-state index < -0.39 is 0 Å². The smallest absolute Gasteiger partial charge is 0.253 e. The van der Waals surface area contributed by atoms with Crippen LogP contribution in [0.1, 0.15) is 17.5 Å². The average molecular weight is 419 g/mol. The van der Waals surface area contributed by atoms with Crippen LogP contribution in [0.4, 0.5) is 0 Å². The molecule has 2 N–H and O–H groups in total. The van der Waals surface area contributed by atoms with E-state index in [9.17, 15) is 4.79 Å². The Morgan fingerprint density at radius 2 is 1.90 bits per heavy atom. The third-order valence-corrected chi connectivity index (χ3v) is 6.00. The van der Waals surface area contributed by atoms with Gasteiger partial charge in [0.2, 0.25) is 0 Å². The Bertz CT molecular complexity index is 1230. The van der Waals surface area contributed by atoms with Crippen molar-refractivity contribution in [3.05, 3.63) is 70.4 Å². The van der Waals surface area contributed by atoms with Gasteiger partial charge in [-0.3, -0.25) is 4.79 Å². The molecule has 3 aromatic rings. The van der Waals surface area contributed by atoms with E-state index in [0.717, 1.165) is 34.8 Å². The lowest BCUT2D eigenvalue weighted by Gasteiger charge is -2.15. The highest BCUT2D eigenvalue weighted by Crippen LogP contribution is 2.14. The van der Waals surface area contributed by atoms with E-state index >= 15 is 0 Å². The zero-order valence-electron chi connectivity index (χ0n) is 17.3. The van der Waals surface area contributed by atoms with Crippen molar-refractivity contribution in [1.29, 1.82) is 0 Å². The van der Waals surface area contributed by atoms with Crippen molar-refractivity contribution in [1.82, 2.24) is 15.2 Å². The second-order valence-electron chi connectivity index (χ2n) is 7.71. The Kier molecular flexibility index (Phi) is 5.95. The maximum absolute atomic E-state index is 12.4. The van der Waals surface area contributed by atoms with Crippen LogP contribution in [0.2, 0.25) is 0 Å². The number of carbonyl (C=O) groups is 1. The van der Waals surface area contributed by atoms with Crippen LogP contribution in [0, 0.1) is 19.8 Å². The molecular formula is C24H26N4OS. The van der Waals surface area contributed by atoms with E-state index in [-0.39, 0.29) is 11.8 Å². The zero-order chi connectivity index (χ0) is 21.1. The van der Waals surface area contributed by atoms with E-state index in [1.165, 1.54) is 10.9 Å². The van der Waals surface area contributed by atoms with Gasteiger partial charge in [0.05, 0.1) is 11.3 Å². The highest BCUT2D eigenvalue weighted by molar-refractivity contribution is 7.80. The number of carbonyl (C=O) groups excluding carboxylic acids is 1. The van der Waals surface area contributed by atoms with Crippen molar-refractivity contribution in [3.8, 4) is 0 Å². The Morgan fingerprint density at radius 1 is 1.10 bits per heavy atom. The Balaban J connectivity index is 1.26. The first kappa shape index (κ1) is 20.3. The number of hydrogen-bond acceptors (Lipinski definition) is 2. The van der Waals surface area contributed by atoms with Crippen LogP contribution in [0.25, 0.3) is 17.0 Å². The number of nitrogens with zero attached hydrogens (tertiary/aromatic N) is 2. The maximum atomic E-state index is 12.4. The molecule has 2 heterocycles.